The van der Waals surface area contributed by atoms with Gasteiger partial charge in [0.2, 0.25) is 0 Å². The van der Waals surface area contributed by atoms with E-state index < -0.39 is 0 Å². The van der Waals surface area contributed by atoms with E-state index in [2.05, 4.69) is 12.6 Å². The van der Waals surface area contributed by atoms with Crippen molar-refractivity contribution in [1.29, 1.82) is 0 Å². The lowest BCUT2D eigenvalue weighted by Crippen LogP contribution is -1.87. The number of rotatable bonds is 1. The minimum atomic E-state index is 0.821. The molecule has 13 heavy (non-hydrogen) atoms. The topological polar surface area (TPSA) is 26.0 Å². The summed E-state index contributed by atoms with van der Waals surface area (Å²) in [7, 11) is 0. The molecule has 2 aromatic carbocycles. The summed E-state index contributed by atoms with van der Waals surface area (Å²) in [6.45, 7) is 3.77. The summed E-state index contributed by atoms with van der Waals surface area (Å²) < 4.78 is 0. The molecule has 0 unspecified atom stereocenters. The molecule has 0 atom stereocenters. The monoisotopic (exact) mass is 169 g/mol. The van der Waals surface area contributed by atoms with Crippen molar-refractivity contribution in [3.8, 4) is 0 Å². The Labute approximate surface area is 77.5 Å². The van der Waals surface area contributed by atoms with E-state index >= 15 is 0 Å². The first-order chi connectivity index (χ1) is 6.33. The predicted octanol–water partition coefficient (Wildman–Crippen LogP) is 3.07. The van der Waals surface area contributed by atoms with E-state index in [4.69, 9.17) is 5.73 Å². The van der Waals surface area contributed by atoms with E-state index in [1.807, 2.05) is 36.4 Å². The Morgan fingerprint density at radius 1 is 1.00 bits per heavy atom. The van der Waals surface area contributed by atoms with Crippen LogP contribution in [0.3, 0.4) is 0 Å². The molecule has 64 valence electrons. The van der Waals surface area contributed by atoms with Gasteiger partial charge in [0, 0.05) is 11.1 Å². The van der Waals surface area contributed by atoms with Crippen LogP contribution in [0.5, 0.6) is 0 Å². The summed E-state index contributed by atoms with van der Waals surface area (Å²) >= 11 is 0. The summed E-state index contributed by atoms with van der Waals surface area (Å²) in [6, 6.07) is 12.0. The van der Waals surface area contributed by atoms with Crippen LogP contribution in [0.15, 0.2) is 43.0 Å². The Morgan fingerprint density at radius 2 is 1.69 bits per heavy atom. The van der Waals surface area contributed by atoms with Gasteiger partial charge in [-0.25, -0.2) is 0 Å². The summed E-state index contributed by atoms with van der Waals surface area (Å²) in [5, 5.41) is 2.26. The van der Waals surface area contributed by atoms with E-state index in [0.717, 1.165) is 22.0 Å². The Balaban J connectivity index is 2.92. The van der Waals surface area contributed by atoms with E-state index in [9.17, 15) is 0 Å². The van der Waals surface area contributed by atoms with Crippen LogP contribution in [-0.2, 0) is 0 Å². The van der Waals surface area contributed by atoms with Crippen molar-refractivity contribution in [2.24, 2.45) is 0 Å². The van der Waals surface area contributed by atoms with Gasteiger partial charge >= 0.3 is 0 Å². The zero-order valence-corrected chi connectivity index (χ0v) is 7.33. The highest BCUT2D eigenvalue weighted by atomic mass is 14.5. The van der Waals surface area contributed by atoms with Crippen LogP contribution in [0.2, 0.25) is 0 Å². The molecule has 0 fully saturated rings. The molecule has 1 heteroatoms. The lowest BCUT2D eigenvalue weighted by Gasteiger charge is -2.04. The molecule has 0 amide bonds. The quantitative estimate of drug-likeness (QED) is 0.652. The average molecular weight is 169 g/mol. The lowest BCUT2D eigenvalue weighted by molar-refractivity contribution is 1.70. The van der Waals surface area contributed by atoms with Crippen molar-refractivity contribution in [3.63, 3.8) is 0 Å². The number of hydrogen-bond acceptors (Lipinski definition) is 1. The van der Waals surface area contributed by atoms with Gasteiger partial charge in [-0.15, -0.1) is 0 Å². The minimum absolute atomic E-state index is 0.821. The number of nitrogen functional groups attached to an aromatic ring is 1. The van der Waals surface area contributed by atoms with Crippen molar-refractivity contribution in [2.75, 3.05) is 5.73 Å². The van der Waals surface area contributed by atoms with Gasteiger partial charge in [0.25, 0.3) is 0 Å². The summed E-state index contributed by atoms with van der Waals surface area (Å²) in [6.07, 6.45) is 1.85. The highest BCUT2D eigenvalue weighted by Gasteiger charge is 1.99. The van der Waals surface area contributed by atoms with E-state index in [0.29, 0.717) is 0 Å². The van der Waals surface area contributed by atoms with Gasteiger partial charge in [0.15, 0.2) is 0 Å². The number of nitrogens with two attached hydrogens (primary N) is 1. The summed E-state index contributed by atoms with van der Waals surface area (Å²) in [5.74, 6) is 0. The third kappa shape index (κ3) is 1.18. The molecule has 1 nitrogen and oxygen atoms in total. The van der Waals surface area contributed by atoms with Gasteiger partial charge in [-0.05, 0) is 17.0 Å². The van der Waals surface area contributed by atoms with Crippen LogP contribution in [0.25, 0.3) is 16.8 Å². The number of benzene rings is 2. The molecule has 0 bridgehead atoms. The molecular formula is C12H11N. The Hall–Kier alpha value is -1.76. The third-order valence-electron chi connectivity index (χ3n) is 2.21. The van der Waals surface area contributed by atoms with Crippen LogP contribution >= 0.6 is 0 Å². The van der Waals surface area contributed by atoms with E-state index in [1.165, 1.54) is 0 Å². The minimum Gasteiger partial charge on any atom is -0.398 e. The number of fused-ring (bicyclic) bond motifs is 1. The van der Waals surface area contributed by atoms with Gasteiger partial charge < -0.3 is 5.73 Å². The van der Waals surface area contributed by atoms with Gasteiger partial charge in [-0.1, -0.05) is 43.0 Å². The molecular weight excluding hydrogens is 158 g/mol. The largest absolute Gasteiger partial charge is 0.398 e. The van der Waals surface area contributed by atoms with E-state index in [1.54, 1.807) is 0 Å². The number of hydrogen-bond donors (Lipinski definition) is 1. The first-order valence-electron chi connectivity index (χ1n) is 4.22. The van der Waals surface area contributed by atoms with Crippen molar-refractivity contribution >= 4 is 22.5 Å². The fourth-order valence-corrected chi connectivity index (χ4v) is 1.52. The van der Waals surface area contributed by atoms with Gasteiger partial charge in [0.1, 0.15) is 0 Å². The Bertz CT molecular complexity index is 458. The third-order valence-corrected chi connectivity index (χ3v) is 2.21. The normalized spacial score (nSPS) is 10.2. The average Bonchev–Trinajstić information content (AvgIpc) is 2.19. The molecule has 0 heterocycles. The molecule has 0 aliphatic heterocycles. The SMILES string of the molecule is C=Cc1ccc(N)c2ccccc12. The molecule has 0 saturated heterocycles. The molecule has 0 aliphatic carbocycles. The molecule has 2 N–H and O–H groups in total. The fraction of sp³-hybridized carbons (Fsp3) is 0. The van der Waals surface area contributed by atoms with Gasteiger partial charge in [-0.3, -0.25) is 0 Å². The Kier molecular flexibility index (Phi) is 1.78. The van der Waals surface area contributed by atoms with Crippen LogP contribution in [0.1, 0.15) is 5.56 Å². The first kappa shape index (κ1) is 7.87. The number of anilines is 1. The van der Waals surface area contributed by atoms with E-state index in [-0.39, 0.29) is 0 Å². The van der Waals surface area contributed by atoms with Crippen LogP contribution in [-0.4, -0.2) is 0 Å². The summed E-state index contributed by atoms with van der Waals surface area (Å²) in [4.78, 5) is 0. The maximum Gasteiger partial charge on any atom is 0.0394 e. The maximum absolute atomic E-state index is 5.85. The Morgan fingerprint density at radius 3 is 2.38 bits per heavy atom. The van der Waals surface area contributed by atoms with Gasteiger partial charge in [-0.2, -0.15) is 0 Å². The smallest absolute Gasteiger partial charge is 0.0394 e. The highest BCUT2D eigenvalue weighted by Crippen LogP contribution is 2.24. The molecule has 0 aromatic heterocycles. The maximum atomic E-state index is 5.85. The van der Waals surface area contributed by atoms with Gasteiger partial charge in [0.05, 0.1) is 0 Å². The molecule has 0 spiro atoms. The lowest BCUT2D eigenvalue weighted by atomic mass is 10.0. The molecule has 2 aromatic rings. The fourth-order valence-electron chi connectivity index (χ4n) is 1.52. The van der Waals surface area contributed by atoms with Crippen LogP contribution in [0.4, 0.5) is 5.69 Å². The highest BCUT2D eigenvalue weighted by molar-refractivity contribution is 5.98. The van der Waals surface area contributed by atoms with Crippen LogP contribution < -0.4 is 5.73 Å². The first-order valence-corrected chi connectivity index (χ1v) is 4.22. The molecule has 0 aliphatic rings. The second kappa shape index (κ2) is 2.94. The molecule has 0 radical (unpaired) electrons. The second-order valence-corrected chi connectivity index (χ2v) is 2.99. The second-order valence-electron chi connectivity index (χ2n) is 2.99. The van der Waals surface area contributed by atoms with Crippen LogP contribution in [0, 0.1) is 0 Å². The van der Waals surface area contributed by atoms with Crippen molar-refractivity contribution in [3.05, 3.63) is 48.5 Å². The predicted molar refractivity (Wildman–Crippen MR) is 58.5 cm³/mol. The summed E-state index contributed by atoms with van der Waals surface area (Å²) in [5.41, 5.74) is 7.80. The zero-order chi connectivity index (χ0) is 9.26. The van der Waals surface area contributed by atoms with Crippen molar-refractivity contribution in [2.45, 2.75) is 0 Å². The zero-order valence-electron chi connectivity index (χ0n) is 7.33. The van der Waals surface area contributed by atoms with Crippen molar-refractivity contribution in [1.82, 2.24) is 0 Å². The molecule has 0 saturated carbocycles. The van der Waals surface area contributed by atoms with Crippen molar-refractivity contribution < 1.29 is 0 Å². The molecule has 2 rings (SSSR count). The standard InChI is InChI=1S/C12H11N/c1-2-9-7-8-12(13)11-6-4-3-5-10(9)11/h2-8H,1,13H2.